The topological polar surface area (TPSA) is 187 Å². The molecule has 4 heterocycles. The molecule has 2 aromatic rings. The van der Waals surface area contributed by atoms with E-state index in [4.69, 9.17) is 0 Å². The first-order chi connectivity index (χ1) is 17.0. The van der Waals surface area contributed by atoms with Gasteiger partial charge in [0.2, 0.25) is 23.6 Å². The second kappa shape index (κ2) is 8.90. The Labute approximate surface area is 199 Å². The molecule has 0 spiro atoms. The Balaban J connectivity index is 1.63. The molecule has 14 heteroatoms. The summed E-state index contributed by atoms with van der Waals surface area (Å²) in [5.41, 5.74) is -2.43. The molecule has 6 amide bonds. The van der Waals surface area contributed by atoms with Crippen LogP contribution in [0.25, 0.3) is 0 Å². The van der Waals surface area contributed by atoms with Crippen LogP contribution in [0.2, 0.25) is 0 Å². The molecule has 182 valence electrons. The van der Waals surface area contributed by atoms with Crippen molar-refractivity contribution in [2.24, 2.45) is 0 Å². The Morgan fingerprint density at radius 2 is 1.22 bits per heavy atom. The molecule has 0 aliphatic carbocycles. The molecular weight excluding hydrogens is 480 g/mol. The molecule has 36 heavy (non-hydrogen) atoms. The maximum absolute atomic E-state index is 12.9. The summed E-state index contributed by atoms with van der Waals surface area (Å²) in [7, 11) is 0. The molecule has 2 saturated heterocycles. The van der Waals surface area contributed by atoms with Crippen LogP contribution in [0.4, 0.5) is 0 Å². The van der Waals surface area contributed by atoms with Crippen LogP contribution in [0, 0.1) is 0 Å². The fourth-order valence-corrected chi connectivity index (χ4v) is 3.82. The number of nitrogens with zero attached hydrogens (tertiary/aromatic N) is 4. The maximum Gasteiger partial charge on any atom is 0.326 e. The van der Waals surface area contributed by atoms with E-state index in [-0.39, 0.29) is 22.6 Å². The fraction of sp³-hybridized carbons (Fsp3) is 0.182. The van der Waals surface area contributed by atoms with Gasteiger partial charge in [-0.05, 0) is 12.1 Å². The Morgan fingerprint density at radius 3 is 1.86 bits per heavy atom. The zero-order chi connectivity index (χ0) is 26.3. The molecule has 0 aromatic carbocycles. The highest BCUT2D eigenvalue weighted by atomic mass is 16.2. The minimum atomic E-state index is -1.73. The lowest BCUT2D eigenvalue weighted by molar-refractivity contribution is -0.163. The Kier molecular flexibility index (Phi) is 5.93. The van der Waals surface area contributed by atoms with Gasteiger partial charge in [0.15, 0.2) is 0 Å². The van der Waals surface area contributed by atoms with Crippen molar-refractivity contribution in [1.29, 1.82) is 0 Å². The highest BCUT2D eigenvalue weighted by Crippen LogP contribution is 2.28. The predicted octanol–water partition coefficient (Wildman–Crippen LogP) is -1.96. The quantitative estimate of drug-likeness (QED) is 0.318. The van der Waals surface area contributed by atoms with Crippen LogP contribution in [-0.4, -0.2) is 66.2 Å². The van der Waals surface area contributed by atoms with Crippen molar-refractivity contribution in [3.8, 4) is 0 Å². The van der Waals surface area contributed by atoms with Crippen molar-refractivity contribution in [3.63, 3.8) is 0 Å². The van der Waals surface area contributed by atoms with E-state index < -0.39 is 76.3 Å². The number of amides is 6. The van der Waals surface area contributed by atoms with Crippen molar-refractivity contribution in [2.45, 2.75) is 25.2 Å². The lowest BCUT2D eigenvalue weighted by Gasteiger charge is -2.16. The summed E-state index contributed by atoms with van der Waals surface area (Å²) in [6.45, 7) is 0. The molecule has 14 nitrogen and oxygen atoms in total. The van der Waals surface area contributed by atoms with Gasteiger partial charge in [0.25, 0.3) is 11.1 Å². The average molecular weight is 494 g/mol. The first-order valence-electron chi connectivity index (χ1n) is 10.3. The Hall–Kier alpha value is -5.14. The molecule has 2 aliphatic rings. The third-order valence-electron chi connectivity index (χ3n) is 5.58. The zero-order valence-electron chi connectivity index (χ0n) is 18.1. The van der Waals surface area contributed by atoms with E-state index >= 15 is 0 Å². The molecule has 0 radical (unpaired) electrons. The van der Waals surface area contributed by atoms with Gasteiger partial charge in [0.1, 0.15) is 0 Å². The summed E-state index contributed by atoms with van der Waals surface area (Å²) in [4.78, 5) is 124. The van der Waals surface area contributed by atoms with Gasteiger partial charge in [-0.25, -0.2) is 18.9 Å². The Bertz CT molecular complexity index is 1520. The highest BCUT2D eigenvalue weighted by molar-refractivity contribution is 6.47. The number of likely N-dealkylation sites (tertiary alicyclic amines) is 2. The van der Waals surface area contributed by atoms with Gasteiger partial charge in [-0.3, -0.25) is 47.9 Å². The highest BCUT2D eigenvalue weighted by Gasteiger charge is 2.49. The molecule has 0 saturated carbocycles. The first-order valence-corrected chi connectivity index (χ1v) is 10.3. The molecule has 1 unspecified atom stereocenters. The van der Waals surface area contributed by atoms with Gasteiger partial charge in [-0.2, -0.15) is 0 Å². The van der Waals surface area contributed by atoms with Crippen molar-refractivity contribution < 1.29 is 38.4 Å². The molecule has 1 atom stereocenters. The van der Waals surface area contributed by atoms with Gasteiger partial charge in [-0.1, -0.05) is 12.1 Å². The minimum Gasteiger partial charge on any atom is -0.274 e. The summed E-state index contributed by atoms with van der Waals surface area (Å²) in [6, 6.07) is 5.88. The van der Waals surface area contributed by atoms with Gasteiger partial charge < -0.3 is 0 Å². The van der Waals surface area contributed by atoms with Gasteiger partial charge in [0.05, 0.1) is 5.92 Å². The first kappa shape index (κ1) is 24.0. The second-order valence-electron chi connectivity index (χ2n) is 7.72. The predicted molar refractivity (Wildman–Crippen MR) is 113 cm³/mol. The zero-order valence-corrected chi connectivity index (χ0v) is 18.1. The average Bonchev–Trinajstić information content (AvgIpc) is 3.34. The number of carbonyl (C=O) groups excluding carboxylic acids is 8. The van der Waals surface area contributed by atoms with Crippen molar-refractivity contribution >= 4 is 47.3 Å². The van der Waals surface area contributed by atoms with E-state index in [0.29, 0.717) is 9.13 Å². The molecule has 2 aromatic heterocycles. The van der Waals surface area contributed by atoms with Crippen LogP contribution in [0.3, 0.4) is 0 Å². The van der Waals surface area contributed by atoms with Crippen molar-refractivity contribution in [3.05, 3.63) is 69.0 Å². The van der Waals surface area contributed by atoms with Crippen LogP contribution < -0.4 is 11.1 Å². The number of hydrogen-bond acceptors (Lipinski definition) is 10. The third kappa shape index (κ3) is 3.79. The molecule has 0 bridgehead atoms. The summed E-state index contributed by atoms with van der Waals surface area (Å²) >= 11 is 0. The summed E-state index contributed by atoms with van der Waals surface area (Å²) < 4.78 is 0.810. The van der Waals surface area contributed by atoms with Crippen molar-refractivity contribution in [1.82, 2.24) is 18.9 Å². The summed E-state index contributed by atoms with van der Waals surface area (Å²) in [5, 5.41) is 0. The van der Waals surface area contributed by atoms with Gasteiger partial charge >= 0.3 is 23.6 Å². The van der Waals surface area contributed by atoms with Gasteiger partial charge in [-0.15, -0.1) is 0 Å². The maximum atomic E-state index is 12.9. The number of hydrogen-bond donors (Lipinski definition) is 0. The summed E-state index contributed by atoms with van der Waals surface area (Å²) in [5.74, 6) is -12.2. The monoisotopic (exact) mass is 494 g/mol. The molecule has 4 rings (SSSR count). The largest absolute Gasteiger partial charge is 0.326 e. The third-order valence-corrected chi connectivity index (χ3v) is 5.58. The smallest absolute Gasteiger partial charge is 0.274 e. The number of aromatic nitrogens is 2. The fourth-order valence-electron chi connectivity index (χ4n) is 3.82. The second-order valence-corrected chi connectivity index (χ2v) is 7.72. The van der Waals surface area contributed by atoms with Crippen molar-refractivity contribution in [2.75, 3.05) is 0 Å². The van der Waals surface area contributed by atoms with E-state index in [1.807, 2.05) is 0 Å². The SMILES string of the molecule is O=C1CCC(=O)N1C(=O)C(=O)N1C(=O)CC(c2cccn(C(=O)C(=O)n3ccccc3=O)c2=O)C1=O. The summed E-state index contributed by atoms with van der Waals surface area (Å²) in [6.07, 6.45) is 0.576. The van der Waals surface area contributed by atoms with E-state index in [9.17, 15) is 47.9 Å². The number of imide groups is 6. The van der Waals surface area contributed by atoms with E-state index in [1.54, 1.807) is 0 Å². The lowest BCUT2D eigenvalue weighted by atomic mass is 9.99. The van der Waals surface area contributed by atoms with Crippen LogP contribution in [0.1, 0.15) is 40.3 Å². The molecule has 2 fully saturated rings. The standard InChI is InChI=1S/C22H14N4O10/c27-13-5-1-2-8-23(13)19(33)20(34)24-9-3-4-11(17(24)31)12-10-16(30)26(18(12)32)22(36)21(35)25-14(28)6-7-15(25)29/h1-5,8-9,12H,6-7,10H2. The molecule has 2 aliphatic heterocycles. The van der Waals surface area contributed by atoms with E-state index in [1.165, 1.54) is 12.1 Å². The normalized spacial score (nSPS) is 17.6. The van der Waals surface area contributed by atoms with E-state index in [2.05, 4.69) is 0 Å². The van der Waals surface area contributed by atoms with Crippen LogP contribution >= 0.6 is 0 Å². The minimum absolute atomic E-state index is 0.0564. The molecular formula is C22H14N4O10. The number of carbonyl (C=O) groups is 8. The van der Waals surface area contributed by atoms with Crippen LogP contribution in [0.5, 0.6) is 0 Å². The lowest BCUT2D eigenvalue weighted by Crippen LogP contribution is -2.49. The van der Waals surface area contributed by atoms with E-state index in [0.717, 1.165) is 30.6 Å². The number of rotatable bonds is 1. The van der Waals surface area contributed by atoms with Crippen LogP contribution in [0.15, 0.2) is 52.3 Å². The van der Waals surface area contributed by atoms with Gasteiger partial charge in [0, 0.05) is 43.3 Å². The number of pyridine rings is 2. The Morgan fingerprint density at radius 1 is 0.639 bits per heavy atom. The molecule has 0 N–H and O–H groups in total. The van der Waals surface area contributed by atoms with Crippen LogP contribution in [-0.2, 0) is 28.8 Å².